The molecular weight excluding hydrogens is 234 g/mol. The van der Waals surface area contributed by atoms with Crippen LogP contribution in [0.25, 0.3) is 0 Å². The first kappa shape index (κ1) is 13.1. The summed E-state index contributed by atoms with van der Waals surface area (Å²) in [5, 5.41) is 7.42. The predicted molar refractivity (Wildman–Crippen MR) is 73.2 cm³/mol. The van der Waals surface area contributed by atoms with E-state index in [2.05, 4.69) is 15.5 Å². The van der Waals surface area contributed by atoms with Gasteiger partial charge in [0, 0.05) is 32.3 Å². The molecule has 0 amide bonds. The number of piperidine rings is 1. The number of nitrogens with one attached hydrogen (secondary N) is 2. The van der Waals surface area contributed by atoms with E-state index in [0.29, 0.717) is 18.7 Å². The molecule has 0 aromatic rings. The number of methoxy groups -OCH3 is 1. The van der Waals surface area contributed by atoms with Crippen molar-refractivity contribution in [2.45, 2.75) is 37.8 Å². The van der Waals surface area contributed by atoms with E-state index in [1.807, 2.05) is 0 Å². The molecule has 2 rings (SSSR count). The third-order valence-corrected chi connectivity index (χ3v) is 4.03. The van der Waals surface area contributed by atoms with Crippen molar-refractivity contribution in [3.63, 3.8) is 0 Å². The minimum atomic E-state index is 0.540. The predicted octanol–water partition coefficient (Wildman–Crippen LogP) is 0.724. The standard InChI is InChI=1S/C12H23N3OS/c1-16-9-6-13-12(17)14-10-5-8-15-7-3-2-4-11(10)15/h10-11H,2-9H2,1H3,(H2,13,14,17). The fourth-order valence-electron chi connectivity index (χ4n) is 2.90. The van der Waals surface area contributed by atoms with E-state index >= 15 is 0 Å². The van der Waals surface area contributed by atoms with Crippen LogP contribution in [0.4, 0.5) is 0 Å². The molecule has 4 nitrogen and oxygen atoms in total. The molecule has 2 aliphatic heterocycles. The first-order valence-electron chi connectivity index (χ1n) is 6.58. The van der Waals surface area contributed by atoms with Crippen LogP contribution in [0.1, 0.15) is 25.7 Å². The van der Waals surface area contributed by atoms with Gasteiger partial charge in [-0.2, -0.15) is 0 Å². The van der Waals surface area contributed by atoms with Crippen molar-refractivity contribution in [1.82, 2.24) is 15.5 Å². The van der Waals surface area contributed by atoms with E-state index < -0.39 is 0 Å². The average Bonchev–Trinajstić information content (AvgIpc) is 2.73. The summed E-state index contributed by atoms with van der Waals surface area (Å²) in [6.07, 6.45) is 5.26. The Bertz CT molecular complexity index is 262. The fraction of sp³-hybridized carbons (Fsp3) is 0.917. The molecule has 0 saturated carbocycles. The van der Waals surface area contributed by atoms with Crippen molar-refractivity contribution in [2.24, 2.45) is 0 Å². The van der Waals surface area contributed by atoms with E-state index in [-0.39, 0.29) is 0 Å². The normalized spacial score (nSPS) is 28.8. The van der Waals surface area contributed by atoms with Crippen molar-refractivity contribution >= 4 is 17.3 Å². The maximum Gasteiger partial charge on any atom is 0.166 e. The van der Waals surface area contributed by atoms with Crippen molar-refractivity contribution < 1.29 is 4.74 Å². The van der Waals surface area contributed by atoms with Gasteiger partial charge in [-0.25, -0.2) is 0 Å². The lowest BCUT2D eigenvalue weighted by Crippen LogP contribution is -2.49. The largest absolute Gasteiger partial charge is 0.383 e. The van der Waals surface area contributed by atoms with Gasteiger partial charge < -0.3 is 15.4 Å². The summed E-state index contributed by atoms with van der Waals surface area (Å²) in [4.78, 5) is 2.61. The van der Waals surface area contributed by atoms with Crippen LogP contribution in [0.2, 0.25) is 0 Å². The second-order valence-electron chi connectivity index (χ2n) is 4.89. The topological polar surface area (TPSA) is 36.5 Å². The molecular formula is C12H23N3OS. The van der Waals surface area contributed by atoms with Gasteiger partial charge in [0.1, 0.15) is 0 Å². The first-order chi connectivity index (χ1) is 8.31. The minimum Gasteiger partial charge on any atom is -0.383 e. The Labute approximate surface area is 109 Å². The highest BCUT2D eigenvalue weighted by Gasteiger charge is 2.35. The molecule has 0 radical (unpaired) electrons. The minimum absolute atomic E-state index is 0.540. The molecule has 0 aromatic carbocycles. The zero-order valence-electron chi connectivity index (χ0n) is 10.6. The highest BCUT2D eigenvalue weighted by molar-refractivity contribution is 7.80. The molecule has 2 heterocycles. The number of nitrogens with zero attached hydrogens (tertiary/aromatic N) is 1. The average molecular weight is 257 g/mol. The number of hydrogen-bond donors (Lipinski definition) is 2. The summed E-state index contributed by atoms with van der Waals surface area (Å²) < 4.78 is 4.99. The molecule has 0 bridgehead atoms. The van der Waals surface area contributed by atoms with E-state index in [9.17, 15) is 0 Å². The first-order valence-corrected chi connectivity index (χ1v) is 6.99. The summed E-state index contributed by atoms with van der Waals surface area (Å²) >= 11 is 5.30. The molecule has 2 aliphatic rings. The molecule has 0 spiro atoms. The maximum absolute atomic E-state index is 5.30. The Hall–Kier alpha value is -0.390. The highest BCUT2D eigenvalue weighted by atomic mass is 32.1. The van der Waals surface area contributed by atoms with Gasteiger partial charge in [-0.15, -0.1) is 0 Å². The number of rotatable bonds is 4. The molecule has 5 heteroatoms. The van der Waals surface area contributed by atoms with Gasteiger partial charge >= 0.3 is 0 Å². The third-order valence-electron chi connectivity index (χ3n) is 3.76. The van der Waals surface area contributed by atoms with Crippen molar-refractivity contribution in [3.05, 3.63) is 0 Å². The van der Waals surface area contributed by atoms with Gasteiger partial charge in [-0.05, 0) is 38.0 Å². The summed E-state index contributed by atoms with van der Waals surface area (Å²) in [7, 11) is 1.70. The lowest BCUT2D eigenvalue weighted by molar-refractivity contribution is 0.185. The number of hydrogen-bond acceptors (Lipinski definition) is 3. The van der Waals surface area contributed by atoms with Crippen LogP contribution < -0.4 is 10.6 Å². The number of fused-ring (bicyclic) bond motifs is 1. The fourth-order valence-corrected chi connectivity index (χ4v) is 3.16. The summed E-state index contributed by atoms with van der Waals surface area (Å²) in [6.45, 7) is 3.97. The van der Waals surface area contributed by atoms with Crippen LogP contribution in [0.3, 0.4) is 0 Å². The summed E-state index contributed by atoms with van der Waals surface area (Å²) in [6, 6.07) is 1.24. The Morgan fingerprint density at radius 1 is 1.35 bits per heavy atom. The van der Waals surface area contributed by atoms with Gasteiger partial charge in [0.15, 0.2) is 5.11 Å². The van der Waals surface area contributed by atoms with Gasteiger partial charge in [0.25, 0.3) is 0 Å². The zero-order valence-corrected chi connectivity index (χ0v) is 11.4. The van der Waals surface area contributed by atoms with Gasteiger partial charge in [-0.1, -0.05) is 6.42 Å². The molecule has 98 valence electrons. The Morgan fingerprint density at radius 3 is 3.06 bits per heavy atom. The Balaban J connectivity index is 1.73. The number of thiocarbonyl (C=S) groups is 1. The van der Waals surface area contributed by atoms with E-state index in [4.69, 9.17) is 17.0 Å². The van der Waals surface area contributed by atoms with E-state index in [1.165, 1.54) is 38.8 Å². The number of ether oxygens (including phenoxy) is 1. The van der Waals surface area contributed by atoms with Crippen molar-refractivity contribution in [1.29, 1.82) is 0 Å². The van der Waals surface area contributed by atoms with Crippen molar-refractivity contribution in [2.75, 3.05) is 33.4 Å². The molecule has 0 aromatic heterocycles. The monoisotopic (exact) mass is 257 g/mol. The van der Waals surface area contributed by atoms with Crippen LogP contribution in [0.15, 0.2) is 0 Å². The molecule has 2 fully saturated rings. The van der Waals surface area contributed by atoms with Crippen LogP contribution >= 0.6 is 12.2 Å². The summed E-state index contributed by atoms with van der Waals surface area (Å²) in [5.41, 5.74) is 0. The van der Waals surface area contributed by atoms with Gasteiger partial charge in [0.2, 0.25) is 0 Å². The molecule has 2 unspecified atom stereocenters. The van der Waals surface area contributed by atoms with Crippen molar-refractivity contribution in [3.8, 4) is 0 Å². The molecule has 2 atom stereocenters. The van der Waals surface area contributed by atoms with E-state index in [1.54, 1.807) is 7.11 Å². The second-order valence-corrected chi connectivity index (χ2v) is 5.30. The van der Waals surface area contributed by atoms with Crippen LogP contribution in [0, 0.1) is 0 Å². The lowest BCUT2D eigenvalue weighted by Gasteiger charge is -2.33. The lowest BCUT2D eigenvalue weighted by atomic mass is 9.99. The molecule has 0 aliphatic carbocycles. The van der Waals surface area contributed by atoms with E-state index in [0.717, 1.165) is 11.7 Å². The Kier molecular flexibility index (Phi) is 5.00. The quantitative estimate of drug-likeness (QED) is 0.573. The zero-order chi connectivity index (χ0) is 12.1. The molecule has 17 heavy (non-hydrogen) atoms. The second kappa shape index (κ2) is 6.52. The molecule has 2 saturated heterocycles. The van der Waals surface area contributed by atoms with Gasteiger partial charge in [-0.3, -0.25) is 4.90 Å². The Morgan fingerprint density at radius 2 is 2.24 bits per heavy atom. The van der Waals surface area contributed by atoms with Gasteiger partial charge in [0.05, 0.1) is 6.61 Å². The third kappa shape index (κ3) is 3.53. The van der Waals surface area contributed by atoms with Crippen LogP contribution in [0.5, 0.6) is 0 Å². The molecule has 2 N–H and O–H groups in total. The SMILES string of the molecule is COCCNC(=S)NC1CCN2CCCCC12. The maximum atomic E-state index is 5.30. The van der Waals surface area contributed by atoms with Crippen LogP contribution in [-0.2, 0) is 4.74 Å². The van der Waals surface area contributed by atoms with Crippen LogP contribution in [-0.4, -0.2) is 55.4 Å². The highest BCUT2D eigenvalue weighted by Crippen LogP contribution is 2.26. The smallest absolute Gasteiger partial charge is 0.166 e. The summed E-state index contributed by atoms with van der Waals surface area (Å²) in [5.74, 6) is 0.